The van der Waals surface area contributed by atoms with Gasteiger partial charge in [-0.1, -0.05) is 15.9 Å². The molecule has 0 unspecified atom stereocenters. The predicted molar refractivity (Wildman–Crippen MR) is 69.6 cm³/mol. The highest BCUT2D eigenvalue weighted by Crippen LogP contribution is 2.18. The molecule has 4 N–H and O–H groups in total. The van der Waals surface area contributed by atoms with Gasteiger partial charge in [-0.3, -0.25) is 9.59 Å². The molecule has 0 atom stereocenters. The molecule has 1 aromatic rings. The first kappa shape index (κ1) is 13.5. The van der Waals surface area contributed by atoms with E-state index in [2.05, 4.69) is 26.6 Å². The molecule has 0 bridgehead atoms. The fourth-order valence-corrected chi connectivity index (χ4v) is 1.63. The zero-order valence-electron chi connectivity index (χ0n) is 9.42. The maximum atomic E-state index is 11.7. The highest BCUT2D eigenvalue weighted by atomic mass is 79.9. The van der Waals surface area contributed by atoms with Crippen LogP contribution in [0.2, 0.25) is 0 Å². The minimum Gasteiger partial charge on any atom is -0.398 e. The van der Waals surface area contributed by atoms with Crippen molar-refractivity contribution in [2.45, 2.75) is 6.92 Å². The van der Waals surface area contributed by atoms with E-state index in [0.29, 0.717) is 17.8 Å². The maximum Gasteiger partial charge on any atom is 0.253 e. The Kier molecular flexibility index (Phi) is 4.96. The lowest BCUT2D eigenvalue weighted by molar-refractivity contribution is -0.120. The summed E-state index contributed by atoms with van der Waals surface area (Å²) in [7, 11) is 0. The minimum atomic E-state index is -0.360. The molecule has 0 aliphatic carbocycles. The van der Waals surface area contributed by atoms with Crippen LogP contribution in [0.4, 0.5) is 5.69 Å². The van der Waals surface area contributed by atoms with Crippen LogP contribution in [0.1, 0.15) is 17.3 Å². The Bertz CT molecular complexity index is 435. The number of anilines is 1. The summed E-state index contributed by atoms with van der Waals surface area (Å²) in [4.78, 5) is 22.9. The molecule has 2 amide bonds. The number of nitrogens with two attached hydrogens (primary N) is 1. The van der Waals surface area contributed by atoms with Crippen molar-refractivity contribution in [2.75, 3.05) is 18.8 Å². The first-order valence-corrected chi connectivity index (χ1v) is 5.93. The molecule has 0 radical (unpaired) electrons. The molecule has 17 heavy (non-hydrogen) atoms. The van der Waals surface area contributed by atoms with Crippen molar-refractivity contribution in [3.63, 3.8) is 0 Å². The van der Waals surface area contributed by atoms with Crippen LogP contribution in [-0.4, -0.2) is 24.9 Å². The summed E-state index contributed by atoms with van der Waals surface area (Å²) < 4.78 is 0.801. The van der Waals surface area contributed by atoms with Crippen molar-refractivity contribution in [1.29, 1.82) is 0 Å². The fraction of sp³-hybridized carbons (Fsp3) is 0.273. The van der Waals surface area contributed by atoms with E-state index >= 15 is 0 Å². The zero-order chi connectivity index (χ0) is 12.8. The van der Waals surface area contributed by atoms with Gasteiger partial charge in [0.25, 0.3) is 5.91 Å². The van der Waals surface area contributed by atoms with E-state index in [0.717, 1.165) is 4.47 Å². The highest BCUT2D eigenvalue weighted by Gasteiger charge is 2.10. The van der Waals surface area contributed by atoms with Crippen molar-refractivity contribution < 1.29 is 9.59 Å². The third-order valence-electron chi connectivity index (χ3n) is 2.04. The molecule has 0 spiro atoms. The van der Waals surface area contributed by atoms with Gasteiger partial charge < -0.3 is 16.4 Å². The normalized spacial score (nSPS) is 9.76. The molecule has 0 aliphatic heterocycles. The fourth-order valence-electron chi connectivity index (χ4n) is 1.26. The van der Waals surface area contributed by atoms with Crippen LogP contribution in [0.15, 0.2) is 22.7 Å². The Balaban J connectivity index is 2.61. The zero-order valence-corrected chi connectivity index (χ0v) is 11.0. The first-order valence-electron chi connectivity index (χ1n) is 5.14. The van der Waals surface area contributed by atoms with Crippen molar-refractivity contribution in [1.82, 2.24) is 10.6 Å². The van der Waals surface area contributed by atoms with Gasteiger partial charge in [0.1, 0.15) is 0 Å². The monoisotopic (exact) mass is 299 g/mol. The standard InChI is InChI=1S/C11H14BrN3O2/c1-2-14-10(16)6-15-11(17)8-4-3-7(12)5-9(8)13/h3-5H,2,6,13H2,1H3,(H,14,16)(H,15,17). The Morgan fingerprint density at radius 2 is 2.06 bits per heavy atom. The van der Waals surface area contributed by atoms with E-state index in [1.54, 1.807) is 18.2 Å². The van der Waals surface area contributed by atoms with Gasteiger partial charge in [-0.25, -0.2) is 0 Å². The lowest BCUT2D eigenvalue weighted by Crippen LogP contribution is -2.36. The van der Waals surface area contributed by atoms with E-state index in [1.807, 2.05) is 6.92 Å². The number of carbonyl (C=O) groups excluding carboxylic acids is 2. The molecule has 92 valence electrons. The third-order valence-corrected chi connectivity index (χ3v) is 2.53. The number of nitrogens with one attached hydrogen (secondary N) is 2. The van der Waals surface area contributed by atoms with E-state index < -0.39 is 0 Å². The molecular weight excluding hydrogens is 286 g/mol. The number of hydrogen-bond donors (Lipinski definition) is 3. The molecule has 0 aliphatic rings. The van der Waals surface area contributed by atoms with Crippen LogP contribution < -0.4 is 16.4 Å². The third kappa shape index (κ3) is 4.07. The van der Waals surface area contributed by atoms with Crippen molar-refractivity contribution in [2.24, 2.45) is 0 Å². The second-order valence-electron chi connectivity index (χ2n) is 3.37. The molecule has 0 saturated heterocycles. The Labute approximate surface area is 108 Å². The van der Waals surface area contributed by atoms with Crippen LogP contribution in [0.25, 0.3) is 0 Å². The molecule has 0 saturated carbocycles. The quantitative estimate of drug-likeness (QED) is 0.722. The average molecular weight is 300 g/mol. The highest BCUT2D eigenvalue weighted by molar-refractivity contribution is 9.10. The van der Waals surface area contributed by atoms with Crippen molar-refractivity contribution in [3.8, 4) is 0 Å². The lowest BCUT2D eigenvalue weighted by Gasteiger charge is -2.07. The second-order valence-corrected chi connectivity index (χ2v) is 4.28. The molecular formula is C11H14BrN3O2. The maximum absolute atomic E-state index is 11.7. The number of halogens is 1. The summed E-state index contributed by atoms with van der Waals surface area (Å²) in [6.07, 6.45) is 0. The Morgan fingerprint density at radius 3 is 2.65 bits per heavy atom. The number of hydrogen-bond acceptors (Lipinski definition) is 3. The van der Waals surface area contributed by atoms with Crippen LogP contribution >= 0.6 is 15.9 Å². The van der Waals surface area contributed by atoms with Crippen molar-refractivity contribution in [3.05, 3.63) is 28.2 Å². The summed E-state index contributed by atoms with van der Waals surface area (Å²) in [6, 6.07) is 4.96. The van der Waals surface area contributed by atoms with Crippen LogP contribution in [0.3, 0.4) is 0 Å². The molecule has 0 heterocycles. The van der Waals surface area contributed by atoms with Gasteiger partial charge >= 0.3 is 0 Å². The smallest absolute Gasteiger partial charge is 0.253 e. The molecule has 0 fully saturated rings. The number of nitrogen functional groups attached to an aromatic ring is 1. The van der Waals surface area contributed by atoms with Crippen LogP contribution in [0.5, 0.6) is 0 Å². The van der Waals surface area contributed by atoms with Gasteiger partial charge in [0.15, 0.2) is 0 Å². The van der Waals surface area contributed by atoms with E-state index in [-0.39, 0.29) is 18.4 Å². The van der Waals surface area contributed by atoms with E-state index in [4.69, 9.17) is 5.73 Å². The largest absolute Gasteiger partial charge is 0.398 e. The van der Waals surface area contributed by atoms with Gasteiger partial charge in [-0.2, -0.15) is 0 Å². The van der Waals surface area contributed by atoms with Gasteiger partial charge in [0.05, 0.1) is 12.1 Å². The van der Waals surface area contributed by atoms with Crippen LogP contribution in [0, 0.1) is 0 Å². The Hall–Kier alpha value is -1.56. The first-order chi connectivity index (χ1) is 8.04. The van der Waals surface area contributed by atoms with E-state index in [1.165, 1.54) is 0 Å². The van der Waals surface area contributed by atoms with Gasteiger partial charge in [-0.05, 0) is 25.1 Å². The number of rotatable bonds is 4. The van der Waals surface area contributed by atoms with Crippen LogP contribution in [-0.2, 0) is 4.79 Å². The van der Waals surface area contributed by atoms with Crippen molar-refractivity contribution >= 4 is 33.4 Å². The average Bonchev–Trinajstić information content (AvgIpc) is 2.26. The summed E-state index contributed by atoms with van der Waals surface area (Å²) in [5.41, 5.74) is 6.42. The van der Waals surface area contributed by atoms with Gasteiger partial charge in [0, 0.05) is 16.7 Å². The summed E-state index contributed by atoms with van der Waals surface area (Å²) in [5.74, 6) is -0.585. The van der Waals surface area contributed by atoms with Gasteiger partial charge in [0.2, 0.25) is 5.91 Å². The molecule has 5 nitrogen and oxygen atoms in total. The van der Waals surface area contributed by atoms with E-state index in [9.17, 15) is 9.59 Å². The number of benzene rings is 1. The summed E-state index contributed by atoms with van der Waals surface area (Å²) in [5, 5.41) is 5.08. The number of carbonyl (C=O) groups is 2. The summed E-state index contributed by atoms with van der Waals surface area (Å²) in [6.45, 7) is 2.30. The number of amides is 2. The predicted octanol–water partition coefficient (Wildman–Crippen LogP) is 0.897. The SMILES string of the molecule is CCNC(=O)CNC(=O)c1ccc(Br)cc1N. The lowest BCUT2D eigenvalue weighted by atomic mass is 10.1. The molecule has 6 heteroatoms. The second kappa shape index (κ2) is 6.24. The summed E-state index contributed by atoms with van der Waals surface area (Å²) >= 11 is 3.25. The van der Waals surface area contributed by atoms with Gasteiger partial charge in [-0.15, -0.1) is 0 Å². The molecule has 0 aromatic heterocycles. The molecule has 1 rings (SSSR count). The number of likely N-dealkylation sites (N-methyl/N-ethyl adjacent to an activating group) is 1. The minimum absolute atomic E-state index is 0.0534. The molecule has 1 aromatic carbocycles. The topological polar surface area (TPSA) is 84.2 Å². The Morgan fingerprint density at radius 1 is 1.35 bits per heavy atom.